The van der Waals surface area contributed by atoms with Crippen molar-refractivity contribution in [3.8, 4) is 0 Å². The number of sulfonamides is 1. The van der Waals surface area contributed by atoms with Crippen molar-refractivity contribution in [2.24, 2.45) is 0 Å². The molecule has 0 fully saturated rings. The summed E-state index contributed by atoms with van der Waals surface area (Å²) < 4.78 is 46.1. The smallest absolute Gasteiger partial charge is 0.218 e. The van der Waals surface area contributed by atoms with Crippen molar-refractivity contribution in [2.45, 2.75) is 6.92 Å². The molecule has 0 spiro atoms. The van der Waals surface area contributed by atoms with Gasteiger partial charge in [-0.15, -0.1) is 0 Å². The maximum Gasteiger partial charge on any atom is 0.218 e. The third-order valence-electron chi connectivity index (χ3n) is 2.77. The zero-order valence-corrected chi connectivity index (χ0v) is 21.1. The lowest BCUT2D eigenvalue weighted by Gasteiger charge is -2.13. The first-order valence-electron chi connectivity index (χ1n) is 7.46. The molecule has 1 atom stereocenters. The number of hydrogen-bond acceptors (Lipinski definition) is 5. The summed E-state index contributed by atoms with van der Waals surface area (Å²) in [5.74, 6) is 0.0926. The molecule has 0 aromatic heterocycles. The summed E-state index contributed by atoms with van der Waals surface area (Å²) in [5.41, 5.74) is 0. The predicted molar refractivity (Wildman–Crippen MR) is 114 cm³/mol. The quantitative estimate of drug-likeness (QED) is 0.596. The Kier molecular flexibility index (Phi) is 20.1. The number of carbonyl (C=O) groups excluding carboxylic acids is 1. The molecule has 0 N–H and O–H groups in total. The highest BCUT2D eigenvalue weighted by Crippen LogP contribution is 2.37. The number of carbonyl (C=O) groups is 1. The Balaban J connectivity index is -0.000000124. The standard InChI is InChI=1S/C4H12NOP.C4H9NO.C3H9NO2S.C3H9NOS/c1-5(2)7(3,4)6;1-4(6)5(2)3;1-4(2)7(3,5)6;1-4(2)6(3)5/h1-4H3;1-3H3;1-3H3;1-3H3. The molecule has 0 bridgehead atoms. The lowest BCUT2D eigenvalue weighted by Crippen LogP contribution is -2.19. The zero-order chi connectivity index (χ0) is 22.5. The highest BCUT2D eigenvalue weighted by molar-refractivity contribution is 7.88. The van der Waals surface area contributed by atoms with Gasteiger partial charge in [-0.1, -0.05) is 0 Å². The Morgan fingerprint density at radius 1 is 0.923 bits per heavy atom. The summed E-state index contributed by atoms with van der Waals surface area (Å²) in [6, 6.07) is 0. The molecule has 0 aliphatic rings. The van der Waals surface area contributed by atoms with Crippen LogP contribution >= 0.6 is 7.29 Å². The third kappa shape index (κ3) is 31.4. The number of nitrogens with zero attached hydrogens (tertiary/aromatic N) is 4. The zero-order valence-electron chi connectivity index (χ0n) is 18.6. The van der Waals surface area contributed by atoms with Crippen molar-refractivity contribution in [3.63, 3.8) is 0 Å². The minimum absolute atomic E-state index is 0.0926. The molecule has 0 rings (SSSR count). The third-order valence-corrected chi connectivity index (χ3v) is 7.05. The second-order valence-electron chi connectivity index (χ2n) is 6.34. The lowest BCUT2D eigenvalue weighted by molar-refractivity contribution is -0.126. The Bertz CT molecular complexity index is 526. The maximum atomic E-state index is 10.8. The molecule has 1 amide bonds. The van der Waals surface area contributed by atoms with E-state index in [0.29, 0.717) is 0 Å². The molecule has 0 radical (unpaired) electrons. The number of hydrogen-bond donors (Lipinski definition) is 0. The minimum Gasteiger partial charge on any atom is -0.349 e. The normalized spacial score (nSPS) is 12.2. The van der Waals surface area contributed by atoms with Gasteiger partial charge in [-0.3, -0.25) is 9.46 Å². The van der Waals surface area contributed by atoms with Crippen molar-refractivity contribution in [1.29, 1.82) is 0 Å². The van der Waals surface area contributed by atoms with E-state index in [1.54, 1.807) is 56.8 Å². The molecule has 0 aromatic rings. The molecular formula is C14H39N4O5PS2. The van der Waals surface area contributed by atoms with Gasteiger partial charge in [0.25, 0.3) is 0 Å². The number of rotatable bonds is 3. The fourth-order valence-corrected chi connectivity index (χ4v) is 0. The molecule has 0 saturated carbocycles. The van der Waals surface area contributed by atoms with Crippen molar-refractivity contribution in [2.75, 3.05) is 82.2 Å². The molecule has 0 aromatic carbocycles. The molecule has 0 aliphatic heterocycles. The van der Waals surface area contributed by atoms with Crippen molar-refractivity contribution >= 4 is 34.2 Å². The first-order chi connectivity index (χ1) is 11.2. The summed E-state index contributed by atoms with van der Waals surface area (Å²) in [7, 11) is 8.03. The highest BCUT2D eigenvalue weighted by Gasteiger charge is 2.07. The fraction of sp³-hybridized carbons (Fsp3) is 0.929. The molecule has 1 unspecified atom stereocenters. The second-order valence-corrected chi connectivity index (χ2v) is 13.5. The predicted octanol–water partition coefficient (Wildman–Crippen LogP) is 0.529. The van der Waals surface area contributed by atoms with E-state index in [0.717, 1.165) is 10.6 Å². The van der Waals surface area contributed by atoms with Crippen LogP contribution in [0.4, 0.5) is 0 Å². The number of amides is 1. The van der Waals surface area contributed by atoms with Gasteiger partial charge >= 0.3 is 0 Å². The van der Waals surface area contributed by atoms with Gasteiger partial charge in [-0.2, -0.15) is 0 Å². The molecule has 0 aliphatic carbocycles. The fourth-order valence-electron chi connectivity index (χ4n) is 0. The van der Waals surface area contributed by atoms with E-state index in [-0.39, 0.29) is 5.91 Å². The summed E-state index contributed by atoms with van der Waals surface area (Å²) in [5, 5.41) is 0. The monoisotopic (exact) mass is 438 g/mol. The van der Waals surface area contributed by atoms with Crippen LogP contribution in [0.25, 0.3) is 0 Å². The molecule has 26 heavy (non-hydrogen) atoms. The van der Waals surface area contributed by atoms with Crippen LogP contribution in [0.2, 0.25) is 0 Å². The van der Waals surface area contributed by atoms with Crippen LogP contribution in [0.3, 0.4) is 0 Å². The van der Waals surface area contributed by atoms with Crippen LogP contribution in [0.5, 0.6) is 0 Å². The van der Waals surface area contributed by atoms with Gasteiger partial charge in [0, 0.05) is 54.7 Å². The first kappa shape index (κ1) is 33.3. The highest BCUT2D eigenvalue weighted by atomic mass is 32.2. The van der Waals surface area contributed by atoms with E-state index < -0.39 is 28.3 Å². The Morgan fingerprint density at radius 2 is 1.08 bits per heavy atom. The van der Waals surface area contributed by atoms with Crippen LogP contribution in [0, 0.1) is 0 Å². The average molecular weight is 439 g/mol. The second kappa shape index (κ2) is 15.7. The molecule has 12 heteroatoms. The van der Waals surface area contributed by atoms with Crippen molar-refractivity contribution in [3.05, 3.63) is 0 Å². The van der Waals surface area contributed by atoms with Gasteiger partial charge in [-0.25, -0.2) is 21.2 Å². The summed E-state index contributed by atoms with van der Waals surface area (Å²) in [4.78, 5) is 11.6. The Morgan fingerprint density at radius 3 is 1.08 bits per heavy atom. The SMILES string of the molecule is CC(=O)N(C)C.CN(C)P(C)(C)=O.CN(C)S(C)(=O)=O.CN(C)S(C)=O. The lowest BCUT2D eigenvalue weighted by atomic mass is 10.7. The largest absolute Gasteiger partial charge is 0.349 e. The van der Waals surface area contributed by atoms with E-state index in [9.17, 15) is 22.0 Å². The molecule has 162 valence electrons. The average Bonchev–Trinajstić information content (AvgIpc) is 2.38. The molecule has 9 nitrogen and oxygen atoms in total. The van der Waals surface area contributed by atoms with Gasteiger partial charge < -0.3 is 9.46 Å². The van der Waals surface area contributed by atoms with Crippen molar-refractivity contribution in [1.82, 2.24) is 18.2 Å². The minimum atomic E-state index is -2.91. The van der Waals surface area contributed by atoms with E-state index in [2.05, 4.69) is 0 Å². The van der Waals surface area contributed by atoms with Crippen LogP contribution in [-0.2, 0) is 30.4 Å². The van der Waals surface area contributed by atoms with Crippen LogP contribution in [-0.4, -0.2) is 119 Å². The van der Waals surface area contributed by atoms with Gasteiger partial charge in [0.05, 0.1) is 17.2 Å². The maximum absolute atomic E-state index is 10.8. The van der Waals surface area contributed by atoms with Gasteiger partial charge in [0.2, 0.25) is 15.9 Å². The van der Waals surface area contributed by atoms with E-state index in [1.165, 1.54) is 25.9 Å². The van der Waals surface area contributed by atoms with Gasteiger partial charge in [0.1, 0.15) is 7.29 Å². The molecular weight excluding hydrogens is 399 g/mol. The first-order valence-corrected chi connectivity index (χ1v) is 13.4. The summed E-state index contributed by atoms with van der Waals surface area (Å²) in [6.45, 7) is 5.01. The van der Waals surface area contributed by atoms with Crippen LogP contribution in [0.1, 0.15) is 6.92 Å². The summed E-state index contributed by atoms with van der Waals surface area (Å²) >= 11 is 0. The Labute approximate surface area is 163 Å². The van der Waals surface area contributed by atoms with Gasteiger partial charge in [0.15, 0.2) is 0 Å². The van der Waals surface area contributed by atoms with Crippen LogP contribution < -0.4 is 0 Å². The van der Waals surface area contributed by atoms with E-state index in [1.807, 2.05) is 14.1 Å². The van der Waals surface area contributed by atoms with Crippen molar-refractivity contribution < 1.29 is 22.0 Å². The van der Waals surface area contributed by atoms with Gasteiger partial charge in [-0.05, 0) is 28.2 Å². The molecule has 0 heterocycles. The molecule has 0 saturated heterocycles. The Hall–Kier alpha value is -0.320. The topological polar surface area (TPSA) is 98.3 Å². The summed E-state index contributed by atoms with van der Waals surface area (Å²) in [6.07, 6.45) is 2.80. The van der Waals surface area contributed by atoms with E-state index >= 15 is 0 Å². The van der Waals surface area contributed by atoms with E-state index in [4.69, 9.17) is 0 Å². The van der Waals surface area contributed by atoms with Crippen LogP contribution in [0.15, 0.2) is 0 Å².